The van der Waals surface area contributed by atoms with E-state index in [4.69, 9.17) is 5.11 Å². The molecule has 0 aromatic heterocycles. The number of nitrogens with zero attached hydrogens (tertiary/aromatic N) is 1. The van der Waals surface area contributed by atoms with Crippen molar-refractivity contribution >= 4 is 21.5 Å². The van der Waals surface area contributed by atoms with Gasteiger partial charge in [0, 0.05) is 19.3 Å². The molecular formula is C12H14F3NO4S. The van der Waals surface area contributed by atoms with Gasteiger partial charge in [-0.25, -0.2) is 8.42 Å². The van der Waals surface area contributed by atoms with Gasteiger partial charge in [-0.1, -0.05) is 6.92 Å². The Labute approximate surface area is 119 Å². The summed E-state index contributed by atoms with van der Waals surface area (Å²) in [6.45, 7) is 1.63. The fourth-order valence-corrected chi connectivity index (χ4v) is 2.37. The highest BCUT2D eigenvalue weighted by atomic mass is 32.2. The number of carbonyl (C=O) groups is 1. The summed E-state index contributed by atoms with van der Waals surface area (Å²) in [4.78, 5) is 11.4. The number of aliphatic carboxylic acids is 1. The Morgan fingerprint density at radius 1 is 1.29 bits per heavy atom. The van der Waals surface area contributed by atoms with E-state index in [1.54, 1.807) is 7.05 Å². The molecule has 21 heavy (non-hydrogen) atoms. The second kappa shape index (κ2) is 5.92. The van der Waals surface area contributed by atoms with Gasteiger partial charge in [0.15, 0.2) is 0 Å². The normalized spacial score (nSPS) is 13.8. The number of hydrogen-bond acceptors (Lipinski definition) is 4. The van der Waals surface area contributed by atoms with Gasteiger partial charge < -0.3 is 10.0 Å². The minimum atomic E-state index is -5.37. The van der Waals surface area contributed by atoms with Crippen LogP contribution in [0.1, 0.15) is 6.92 Å². The van der Waals surface area contributed by atoms with Crippen molar-refractivity contribution in [2.75, 3.05) is 18.5 Å². The van der Waals surface area contributed by atoms with Gasteiger partial charge in [-0.15, -0.1) is 0 Å². The molecule has 0 spiro atoms. The maximum absolute atomic E-state index is 12.4. The van der Waals surface area contributed by atoms with E-state index in [0.29, 0.717) is 5.69 Å². The molecule has 0 heterocycles. The van der Waals surface area contributed by atoms with Crippen LogP contribution in [0.4, 0.5) is 18.9 Å². The molecule has 118 valence electrons. The predicted molar refractivity (Wildman–Crippen MR) is 69.8 cm³/mol. The number of benzene rings is 1. The maximum Gasteiger partial charge on any atom is 0.501 e. The number of halogens is 3. The van der Waals surface area contributed by atoms with Crippen LogP contribution in [0.3, 0.4) is 0 Å². The molecule has 1 rings (SSSR count). The Bertz CT molecular complexity index is 610. The maximum atomic E-state index is 12.4. The van der Waals surface area contributed by atoms with Gasteiger partial charge in [0.1, 0.15) is 0 Å². The van der Waals surface area contributed by atoms with Crippen molar-refractivity contribution in [3.63, 3.8) is 0 Å². The molecule has 0 fully saturated rings. The monoisotopic (exact) mass is 325 g/mol. The van der Waals surface area contributed by atoms with Crippen LogP contribution in [-0.2, 0) is 14.6 Å². The Morgan fingerprint density at radius 3 is 2.14 bits per heavy atom. The first-order valence-corrected chi connectivity index (χ1v) is 7.30. The number of alkyl halides is 3. The van der Waals surface area contributed by atoms with Crippen LogP contribution >= 0.6 is 0 Å². The van der Waals surface area contributed by atoms with E-state index in [-0.39, 0.29) is 6.54 Å². The first kappa shape index (κ1) is 17.3. The summed E-state index contributed by atoms with van der Waals surface area (Å²) >= 11 is 0. The molecule has 0 saturated carbocycles. The molecule has 0 aliphatic carbocycles. The van der Waals surface area contributed by atoms with Crippen LogP contribution in [0.2, 0.25) is 0 Å². The van der Waals surface area contributed by atoms with E-state index >= 15 is 0 Å². The number of rotatable bonds is 5. The van der Waals surface area contributed by atoms with Gasteiger partial charge in [-0.05, 0) is 24.3 Å². The van der Waals surface area contributed by atoms with Crippen molar-refractivity contribution in [3.05, 3.63) is 24.3 Å². The second-order valence-corrected chi connectivity index (χ2v) is 6.50. The molecule has 1 aromatic carbocycles. The molecule has 0 aliphatic heterocycles. The fourth-order valence-electron chi connectivity index (χ4n) is 1.61. The number of hydrogen-bond donors (Lipinski definition) is 1. The lowest BCUT2D eigenvalue weighted by atomic mass is 10.1. The molecule has 1 N–H and O–H groups in total. The second-order valence-electron chi connectivity index (χ2n) is 4.56. The lowest BCUT2D eigenvalue weighted by Crippen LogP contribution is -2.28. The number of anilines is 1. The van der Waals surface area contributed by atoms with Gasteiger partial charge in [-0.2, -0.15) is 13.2 Å². The molecule has 5 nitrogen and oxygen atoms in total. The highest BCUT2D eigenvalue weighted by molar-refractivity contribution is 7.92. The molecule has 0 bridgehead atoms. The smallest absolute Gasteiger partial charge is 0.481 e. The zero-order chi connectivity index (χ0) is 16.4. The zero-order valence-corrected chi connectivity index (χ0v) is 12.1. The molecule has 0 saturated heterocycles. The van der Waals surface area contributed by atoms with Gasteiger partial charge >= 0.3 is 11.5 Å². The number of sulfone groups is 1. The Morgan fingerprint density at radius 2 is 1.76 bits per heavy atom. The lowest BCUT2D eigenvalue weighted by molar-refractivity contribution is -0.140. The standard InChI is InChI=1S/C12H14F3NO4S/c1-8(11(17)18)7-16(2)9-3-5-10(6-4-9)21(19,20)12(13,14)15/h3-6,8H,7H2,1-2H3,(H,17,18). The summed E-state index contributed by atoms with van der Waals surface area (Å²) in [5, 5.41) is 8.79. The molecule has 0 radical (unpaired) electrons. The van der Waals surface area contributed by atoms with Crippen molar-refractivity contribution in [2.24, 2.45) is 5.92 Å². The largest absolute Gasteiger partial charge is 0.501 e. The van der Waals surface area contributed by atoms with Gasteiger partial charge in [0.05, 0.1) is 10.8 Å². The molecule has 1 unspecified atom stereocenters. The van der Waals surface area contributed by atoms with Crippen molar-refractivity contribution in [3.8, 4) is 0 Å². The Kier molecular flexibility index (Phi) is 4.87. The summed E-state index contributed by atoms with van der Waals surface area (Å²) < 4.78 is 59.5. The van der Waals surface area contributed by atoms with E-state index in [2.05, 4.69) is 0 Å². The quantitative estimate of drug-likeness (QED) is 0.898. The van der Waals surface area contributed by atoms with Crippen LogP contribution in [0.15, 0.2) is 29.2 Å². The molecule has 0 amide bonds. The number of carboxylic acids is 1. The third-order valence-electron chi connectivity index (χ3n) is 2.86. The van der Waals surface area contributed by atoms with E-state index in [9.17, 15) is 26.4 Å². The van der Waals surface area contributed by atoms with Crippen molar-refractivity contribution < 1.29 is 31.5 Å². The first-order valence-electron chi connectivity index (χ1n) is 5.82. The van der Waals surface area contributed by atoms with Crippen LogP contribution in [0, 0.1) is 5.92 Å². The molecule has 1 aromatic rings. The van der Waals surface area contributed by atoms with Crippen molar-refractivity contribution in [1.82, 2.24) is 0 Å². The van der Waals surface area contributed by atoms with Crippen LogP contribution < -0.4 is 4.90 Å². The molecule has 1 atom stereocenters. The Hall–Kier alpha value is -1.77. The van der Waals surface area contributed by atoms with E-state index in [1.807, 2.05) is 0 Å². The number of carboxylic acid groups (broad SMARTS) is 1. The summed E-state index contributed by atoms with van der Waals surface area (Å²) in [5.41, 5.74) is -4.93. The summed E-state index contributed by atoms with van der Waals surface area (Å²) in [7, 11) is -3.81. The first-order chi connectivity index (χ1) is 9.46. The summed E-state index contributed by atoms with van der Waals surface area (Å²) in [6.07, 6.45) is 0. The summed E-state index contributed by atoms with van der Waals surface area (Å²) in [6, 6.07) is 4.10. The van der Waals surface area contributed by atoms with Crippen LogP contribution in [0.25, 0.3) is 0 Å². The fraction of sp³-hybridized carbons (Fsp3) is 0.417. The topological polar surface area (TPSA) is 74.7 Å². The minimum Gasteiger partial charge on any atom is -0.481 e. The zero-order valence-electron chi connectivity index (χ0n) is 11.3. The van der Waals surface area contributed by atoms with E-state index < -0.39 is 32.1 Å². The molecule has 0 aliphatic rings. The van der Waals surface area contributed by atoms with Crippen LogP contribution in [-0.4, -0.2) is 38.6 Å². The third-order valence-corrected chi connectivity index (χ3v) is 4.36. The van der Waals surface area contributed by atoms with Gasteiger partial charge in [-0.3, -0.25) is 4.79 Å². The van der Waals surface area contributed by atoms with Gasteiger partial charge in [0.2, 0.25) is 0 Å². The van der Waals surface area contributed by atoms with E-state index in [1.165, 1.54) is 24.0 Å². The van der Waals surface area contributed by atoms with Crippen LogP contribution in [0.5, 0.6) is 0 Å². The minimum absolute atomic E-state index is 0.140. The average Bonchev–Trinajstić information content (AvgIpc) is 2.37. The molecule has 9 heteroatoms. The van der Waals surface area contributed by atoms with Gasteiger partial charge in [0.25, 0.3) is 9.84 Å². The SMILES string of the molecule is CC(CN(C)c1ccc(S(=O)(=O)C(F)(F)F)cc1)C(=O)O. The van der Waals surface area contributed by atoms with Crippen molar-refractivity contribution in [2.45, 2.75) is 17.3 Å². The predicted octanol–water partition coefficient (Wildman–Crippen LogP) is 2.14. The highest BCUT2D eigenvalue weighted by Crippen LogP contribution is 2.31. The highest BCUT2D eigenvalue weighted by Gasteiger charge is 2.46. The lowest BCUT2D eigenvalue weighted by Gasteiger charge is -2.21. The van der Waals surface area contributed by atoms with Crippen molar-refractivity contribution in [1.29, 1.82) is 0 Å². The molecular weight excluding hydrogens is 311 g/mol. The third kappa shape index (κ3) is 3.87. The van der Waals surface area contributed by atoms with E-state index in [0.717, 1.165) is 12.1 Å². The Balaban J connectivity index is 2.96. The summed E-state index contributed by atoms with van der Waals surface area (Å²) in [5.74, 6) is -1.67. The average molecular weight is 325 g/mol.